The van der Waals surface area contributed by atoms with E-state index in [1.807, 2.05) is 30.5 Å². The largest absolute Gasteiger partial charge is 0.366 e. The van der Waals surface area contributed by atoms with Crippen molar-refractivity contribution in [2.24, 2.45) is 0 Å². The number of imide groups is 1. The predicted molar refractivity (Wildman–Crippen MR) is 104 cm³/mol. The van der Waals surface area contributed by atoms with Crippen molar-refractivity contribution in [2.75, 3.05) is 20.1 Å². The van der Waals surface area contributed by atoms with Crippen LogP contribution in [0.25, 0.3) is 16.5 Å². The number of likely N-dealkylation sites (N-methyl/N-ethyl adjacent to an activating group) is 1. The van der Waals surface area contributed by atoms with Crippen LogP contribution in [0, 0.1) is 0 Å². The van der Waals surface area contributed by atoms with Crippen LogP contribution in [0.1, 0.15) is 45.1 Å². The number of H-pyrrole nitrogens is 1. The summed E-state index contributed by atoms with van der Waals surface area (Å²) in [5, 5.41) is 0.974. The molecular weight excluding hydrogens is 326 g/mol. The fourth-order valence-electron chi connectivity index (χ4n) is 3.47. The highest BCUT2D eigenvalue weighted by molar-refractivity contribution is 6.36. The van der Waals surface area contributed by atoms with Crippen LogP contribution in [0.3, 0.4) is 0 Å². The molecule has 0 unspecified atom stereocenters. The highest BCUT2D eigenvalue weighted by Crippen LogP contribution is 2.35. The van der Waals surface area contributed by atoms with Crippen molar-refractivity contribution < 1.29 is 9.59 Å². The number of para-hydroxylation sites is 1. The second kappa shape index (κ2) is 7.77. The van der Waals surface area contributed by atoms with Crippen LogP contribution in [-0.2, 0) is 9.59 Å². The number of aromatic amines is 1. The first-order valence-corrected chi connectivity index (χ1v) is 9.48. The van der Waals surface area contributed by atoms with Crippen molar-refractivity contribution in [3.8, 4) is 0 Å². The van der Waals surface area contributed by atoms with Crippen molar-refractivity contribution >= 4 is 28.3 Å². The zero-order valence-corrected chi connectivity index (χ0v) is 15.8. The van der Waals surface area contributed by atoms with Crippen molar-refractivity contribution in [3.63, 3.8) is 0 Å². The maximum Gasteiger partial charge on any atom is 0.277 e. The summed E-state index contributed by atoms with van der Waals surface area (Å²) in [6, 6.07) is 7.89. The first kappa shape index (κ1) is 18.2. The van der Waals surface area contributed by atoms with E-state index in [0.29, 0.717) is 11.3 Å². The Morgan fingerprint density at radius 1 is 1.00 bits per heavy atom. The number of fused-ring (bicyclic) bond motifs is 1. The topological polar surface area (TPSA) is 56.4 Å². The molecule has 0 saturated heterocycles. The zero-order valence-electron chi connectivity index (χ0n) is 15.8. The van der Waals surface area contributed by atoms with Gasteiger partial charge in [0.25, 0.3) is 11.8 Å². The third-order valence-corrected chi connectivity index (χ3v) is 5.00. The minimum atomic E-state index is -0.215. The third-order valence-electron chi connectivity index (χ3n) is 5.00. The molecule has 3 rings (SSSR count). The maximum atomic E-state index is 12.9. The number of nitrogens with zero attached hydrogens (tertiary/aromatic N) is 2. The lowest BCUT2D eigenvalue weighted by molar-refractivity contribution is -0.135. The summed E-state index contributed by atoms with van der Waals surface area (Å²) in [5.74, 6) is -0.407. The molecule has 5 heteroatoms. The number of hydrogen-bond acceptors (Lipinski definition) is 3. The maximum absolute atomic E-state index is 12.9. The molecule has 0 aliphatic carbocycles. The lowest BCUT2D eigenvalue weighted by Gasteiger charge is -2.25. The first-order chi connectivity index (χ1) is 12.6. The minimum Gasteiger partial charge on any atom is -0.366 e. The summed E-state index contributed by atoms with van der Waals surface area (Å²) in [7, 11) is 1.57. The average molecular weight is 353 g/mol. The standard InChI is InChI=1S/C21H27N3O2/c1-4-6-12-24(13-7-5-2)19-18(20(25)23(3)21(19)26)16-14-22-17-11-9-8-10-15(16)17/h8-11,14,22H,4-7,12-13H2,1-3H3. The number of unbranched alkanes of at least 4 members (excludes halogenated alkanes) is 2. The number of carbonyl (C=O) groups is 2. The Hall–Kier alpha value is -2.56. The van der Waals surface area contributed by atoms with Gasteiger partial charge in [-0.2, -0.15) is 0 Å². The third kappa shape index (κ3) is 3.14. The van der Waals surface area contributed by atoms with Crippen molar-refractivity contribution in [1.82, 2.24) is 14.8 Å². The molecule has 2 aromatic rings. The lowest BCUT2D eigenvalue weighted by Crippen LogP contribution is -2.33. The van der Waals surface area contributed by atoms with E-state index >= 15 is 0 Å². The normalized spacial score (nSPS) is 14.8. The van der Waals surface area contributed by atoms with E-state index in [4.69, 9.17) is 0 Å². The Bertz CT molecular complexity index is 842. The Morgan fingerprint density at radius 3 is 2.31 bits per heavy atom. The molecule has 1 aliphatic rings. The van der Waals surface area contributed by atoms with Gasteiger partial charge in [-0.3, -0.25) is 14.5 Å². The van der Waals surface area contributed by atoms with Crippen molar-refractivity contribution in [1.29, 1.82) is 0 Å². The highest BCUT2D eigenvalue weighted by atomic mass is 16.2. The molecular formula is C21H27N3O2. The van der Waals surface area contributed by atoms with Crippen LogP contribution in [0.5, 0.6) is 0 Å². The summed E-state index contributed by atoms with van der Waals surface area (Å²) in [6.07, 6.45) is 5.95. The Morgan fingerprint density at radius 2 is 1.65 bits per heavy atom. The van der Waals surface area contributed by atoms with Gasteiger partial charge in [0.1, 0.15) is 5.70 Å². The van der Waals surface area contributed by atoms with Gasteiger partial charge in [-0.05, 0) is 18.9 Å². The van der Waals surface area contributed by atoms with Crippen LogP contribution in [0.2, 0.25) is 0 Å². The van der Waals surface area contributed by atoms with Gasteiger partial charge in [0.15, 0.2) is 0 Å². The molecule has 1 aliphatic heterocycles. The van der Waals surface area contributed by atoms with E-state index in [2.05, 4.69) is 23.7 Å². The lowest BCUT2D eigenvalue weighted by atomic mass is 10.0. The summed E-state index contributed by atoms with van der Waals surface area (Å²) >= 11 is 0. The van der Waals surface area contributed by atoms with Crippen LogP contribution < -0.4 is 0 Å². The van der Waals surface area contributed by atoms with Crippen LogP contribution in [-0.4, -0.2) is 46.7 Å². The van der Waals surface area contributed by atoms with Gasteiger partial charge in [0.05, 0.1) is 5.57 Å². The summed E-state index contributed by atoms with van der Waals surface area (Å²) in [5.41, 5.74) is 2.88. The SMILES string of the molecule is CCCCN(CCCC)C1=C(c2c[nH]c3ccccc23)C(=O)N(C)C1=O. The van der Waals surface area contributed by atoms with Gasteiger partial charge in [0, 0.05) is 42.8 Å². The molecule has 0 bridgehead atoms. The minimum absolute atomic E-state index is 0.192. The monoisotopic (exact) mass is 353 g/mol. The number of nitrogens with one attached hydrogen (secondary N) is 1. The number of carbonyl (C=O) groups excluding carboxylic acids is 2. The van der Waals surface area contributed by atoms with Crippen LogP contribution >= 0.6 is 0 Å². The first-order valence-electron chi connectivity index (χ1n) is 9.48. The average Bonchev–Trinajstić information content (AvgIpc) is 3.17. The van der Waals surface area contributed by atoms with E-state index in [1.54, 1.807) is 7.05 Å². The second-order valence-corrected chi connectivity index (χ2v) is 6.84. The molecule has 0 radical (unpaired) electrons. The molecule has 2 heterocycles. The van der Waals surface area contributed by atoms with Crippen molar-refractivity contribution in [2.45, 2.75) is 39.5 Å². The van der Waals surface area contributed by atoms with E-state index < -0.39 is 0 Å². The van der Waals surface area contributed by atoms with Gasteiger partial charge in [-0.25, -0.2) is 0 Å². The summed E-state index contributed by atoms with van der Waals surface area (Å²) in [4.78, 5) is 32.4. The summed E-state index contributed by atoms with van der Waals surface area (Å²) < 4.78 is 0. The van der Waals surface area contributed by atoms with Gasteiger partial charge in [0.2, 0.25) is 0 Å². The van der Waals surface area contributed by atoms with Gasteiger partial charge < -0.3 is 9.88 Å². The smallest absolute Gasteiger partial charge is 0.277 e. The highest BCUT2D eigenvalue weighted by Gasteiger charge is 2.40. The predicted octanol–water partition coefficient (Wildman–Crippen LogP) is 3.78. The molecule has 1 aromatic carbocycles. The Labute approximate surface area is 154 Å². The number of hydrogen-bond donors (Lipinski definition) is 1. The molecule has 26 heavy (non-hydrogen) atoms. The van der Waals surface area contributed by atoms with E-state index in [9.17, 15) is 9.59 Å². The quantitative estimate of drug-likeness (QED) is 0.735. The molecule has 0 fully saturated rings. The fourth-order valence-corrected chi connectivity index (χ4v) is 3.47. The van der Waals surface area contributed by atoms with E-state index in [-0.39, 0.29) is 11.8 Å². The van der Waals surface area contributed by atoms with Gasteiger partial charge >= 0.3 is 0 Å². The van der Waals surface area contributed by atoms with Gasteiger partial charge in [-0.1, -0.05) is 44.9 Å². The number of benzene rings is 1. The molecule has 0 saturated carbocycles. The number of amides is 2. The molecule has 138 valence electrons. The molecule has 0 atom stereocenters. The van der Waals surface area contributed by atoms with E-state index in [1.165, 1.54) is 4.90 Å². The van der Waals surface area contributed by atoms with Crippen LogP contribution in [0.15, 0.2) is 36.2 Å². The molecule has 1 N–H and O–H groups in total. The number of rotatable bonds is 8. The van der Waals surface area contributed by atoms with E-state index in [0.717, 1.165) is 55.2 Å². The van der Waals surface area contributed by atoms with Gasteiger partial charge in [-0.15, -0.1) is 0 Å². The van der Waals surface area contributed by atoms with Crippen LogP contribution in [0.4, 0.5) is 0 Å². The second-order valence-electron chi connectivity index (χ2n) is 6.84. The zero-order chi connectivity index (χ0) is 18.7. The Balaban J connectivity index is 2.14. The molecule has 1 aromatic heterocycles. The molecule has 0 spiro atoms. The number of aromatic nitrogens is 1. The fraction of sp³-hybridized carbons (Fsp3) is 0.429. The molecule has 5 nitrogen and oxygen atoms in total. The molecule has 2 amide bonds. The van der Waals surface area contributed by atoms with Crippen molar-refractivity contribution in [3.05, 3.63) is 41.7 Å². The summed E-state index contributed by atoms with van der Waals surface area (Å²) in [6.45, 7) is 5.87. The Kier molecular flexibility index (Phi) is 5.45.